The van der Waals surface area contributed by atoms with E-state index in [0.29, 0.717) is 18.5 Å². The smallest absolute Gasteiger partial charge is 0.271 e. The number of halogens is 2. The molecule has 0 saturated heterocycles. The lowest BCUT2D eigenvalue weighted by atomic mass is 9.66. The van der Waals surface area contributed by atoms with Crippen LogP contribution in [0.5, 0.6) is 0 Å². The number of fused-ring (bicyclic) bond motifs is 5. The average Bonchev–Trinajstić information content (AvgIpc) is 3.19. The van der Waals surface area contributed by atoms with Crippen LogP contribution in [0.15, 0.2) is 36.7 Å². The molecule has 0 radical (unpaired) electrons. The summed E-state index contributed by atoms with van der Waals surface area (Å²) >= 11 is 0. The van der Waals surface area contributed by atoms with Crippen molar-refractivity contribution < 1.29 is 18.7 Å². The van der Waals surface area contributed by atoms with E-state index in [9.17, 15) is 18.7 Å². The Bertz CT molecular complexity index is 1340. The van der Waals surface area contributed by atoms with Gasteiger partial charge in [0.25, 0.3) is 5.91 Å². The second-order valence-electron chi connectivity index (χ2n) is 10.4. The highest BCUT2D eigenvalue weighted by Gasteiger charge is 2.65. The highest BCUT2D eigenvalue weighted by atomic mass is 19.1. The molecule has 2 atom stereocenters. The summed E-state index contributed by atoms with van der Waals surface area (Å²) in [6.45, 7) is 4.28. The van der Waals surface area contributed by atoms with Crippen molar-refractivity contribution in [3.05, 3.63) is 70.9 Å². The van der Waals surface area contributed by atoms with Gasteiger partial charge in [-0.25, -0.2) is 13.8 Å². The normalized spacial score (nSPS) is 27.9. The van der Waals surface area contributed by atoms with E-state index < -0.39 is 17.0 Å². The van der Waals surface area contributed by atoms with Crippen molar-refractivity contribution in [1.82, 2.24) is 25.5 Å². The van der Waals surface area contributed by atoms with Crippen LogP contribution < -0.4 is 5.32 Å². The Labute approximate surface area is 201 Å². The Kier molecular flexibility index (Phi) is 4.80. The summed E-state index contributed by atoms with van der Waals surface area (Å²) in [5, 5.41) is 21.2. The van der Waals surface area contributed by atoms with Gasteiger partial charge in [0.15, 0.2) is 0 Å². The number of hydrogen-bond donors (Lipinski definition) is 2. The second kappa shape index (κ2) is 7.58. The molecule has 3 aromatic rings. The molecule has 2 saturated carbocycles. The summed E-state index contributed by atoms with van der Waals surface area (Å²) < 4.78 is 28.9. The maximum Gasteiger partial charge on any atom is 0.271 e. The predicted molar refractivity (Wildman–Crippen MR) is 122 cm³/mol. The first-order valence-electron chi connectivity index (χ1n) is 11.9. The number of nitrogens with zero attached hydrogens (tertiary/aromatic N) is 4. The number of aliphatic hydroxyl groups excluding tert-OH is 1. The molecule has 0 unspecified atom stereocenters. The lowest BCUT2D eigenvalue weighted by Crippen LogP contribution is -2.47. The number of carbonyl (C=O) groups is 1. The lowest BCUT2D eigenvalue weighted by Gasteiger charge is -2.37. The highest BCUT2D eigenvalue weighted by Crippen LogP contribution is 2.69. The fraction of sp³-hybridized carbons (Fsp3) is 0.423. The first-order chi connectivity index (χ1) is 16.7. The van der Waals surface area contributed by atoms with Crippen molar-refractivity contribution in [3.63, 3.8) is 0 Å². The van der Waals surface area contributed by atoms with Crippen molar-refractivity contribution in [1.29, 1.82) is 0 Å². The number of aromatic nitrogens is 4. The van der Waals surface area contributed by atoms with Crippen molar-refractivity contribution in [2.75, 3.05) is 0 Å². The number of carbonyl (C=O) groups excluding carboxylic acids is 1. The molecule has 1 amide bonds. The van der Waals surface area contributed by atoms with Crippen molar-refractivity contribution in [2.24, 2.45) is 5.41 Å². The molecule has 1 aromatic carbocycles. The molecule has 35 heavy (non-hydrogen) atoms. The number of hydrogen-bond acceptors (Lipinski definition) is 6. The Balaban J connectivity index is 1.42. The molecule has 2 N–H and O–H groups in total. The van der Waals surface area contributed by atoms with Crippen LogP contribution in [0.2, 0.25) is 0 Å². The molecule has 2 fully saturated rings. The predicted octanol–water partition coefficient (Wildman–Crippen LogP) is 3.67. The minimum absolute atomic E-state index is 0.0660. The van der Waals surface area contributed by atoms with Gasteiger partial charge in [0.1, 0.15) is 17.3 Å². The molecule has 2 heterocycles. The number of rotatable bonds is 4. The fourth-order valence-corrected chi connectivity index (χ4v) is 6.40. The lowest BCUT2D eigenvalue weighted by molar-refractivity contribution is 0.0560. The van der Waals surface area contributed by atoms with Crippen LogP contribution in [0.4, 0.5) is 8.78 Å². The second-order valence-corrected chi connectivity index (χ2v) is 10.4. The van der Waals surface area contributed by atoms with Crippen LogP contribution >= 0.6 is 0 Å². The number of benzene rings is 1. The third kappa shape index (κ3) is 3.07. The van der Waals surface area contributed by atoms with Gasteiger partial charge >= 0.3 is 0 Å². The Hall–Kier alpha value is -3.33. The molecule has 3 aliphatic rings. The Morgan fingerprint density at radius 2 is 1.89 bits per heavy atom. The zero-order valence-electron chi connectivity index (χ0n) is 19.4. The SMILES string of the molecule is CC1(C)[C@H]2CC[C@]1(c1cncc(C(=O)N[C@H]3C[C@H](O)C3)n1)c1nnc(-c3c(F)cccc3F)cc12. The Morgan fingerprint density at radius 1 is 1.14 bits per heavy atom. The molecule has 3 aliphatic carbocycles. The first kappa shape index (κ1) is 22.2. The fourth-order valence-electron chi connectivity index (χ4n) is 6.40. The summed E-state index contributed by atoms with van der Waals surface area (Å²) in [4.78, 5) is 21.9. The maximum atomic E-state index is 14.5. The molecule has 6 rings (SSSR count). The van der Waals surface area contributed by atoms with E-state index in [-0.39, 0.29) is 46.3 Å². The van der Waals surface area contributed by atoms with Gasteiger partial charge in [0.05, 0.1) is 40.4 Å². The van der Waals surface area contributed by atoms with E-state index in [1.165, 1.54) is 24.4 Å². The van der Waals surface area contributed by atoms with Gasteiger partial charge in [-0.1, -0.05) is 19.9 Å². The molecule has 0 aliphatic heterocycles. The quantitative estimate of drug-likeness (QED) is 0.595. The zero-order chi connectivity index (χ0) is 24.5. The zero-order valence-corrected chi connectivity index (χ0v) is 19.4. The maximum absolute atomic E-state index is 14.5. The van der Waals surface area contributed by atoms with E-state index >= 15 is 0 Å². The van der Waals surface area contributed by atoms with E-state index in [2.05, 4.69) is 34.3 Å². The third-order valence-corrected chi connectivity index (χ3v) is 8.35. The summed E-state index contributed by atoms with van der Waals surface area (Å²) in [5.41, 5.74) is 1.53. The van der Waals surface area contributed by atoms with Gasteiger partial charge in [-0.2, -0.15) is 5.10 Å². The standard InChI is InChI=1S/C26H25F2N5O2/c1-25(2)16-6-7-26(25,21-12-29-11-20(31-21)24(35)30-13-8-14(34)9-13)23-15(16)10-19(32-33-23)22-17(27)4-3-5-18(22)28/h3-5,10-14,16,34H,6-9H2,1-2H3,(H,30,35)/t13-,14-,16-,26-/m0/s1. The molecule has 2 aromatic heterocycles. The molecule has 0 spiro atoms. The van der Waals surface area contributed by atoms with E-state index in [1.807, 2.05) is 0 Å². The van der Waals surface area contributed by atoms with Crippen LogP contribution in [0.1, 0.15) is 72.9 Å². The van der Waals surface area contributed by atoms with Crippen LogP contribution in [-0.2, 0) is 5.41 Å². The Morgan fingerprint density at radius 3 is 2.60 bits per heavy atom. The summed E-state index contributed by atoms with van der Waals surface area (Å²) in [7, 11) is 0. The molecule has 9 heteroatoms. The molecular formula is C26H25F2N5O2. The van der Waals surface area contributed by atoms with Crippen LogP contribution in [0.3, 0.4) is 0 Å². The first-order valence-corrected chi connectivity index (χ1v) is 11.9. The molecular weight excluding hydrogens is 452 g/mol. The number of aliphatic hydroxyl groups is 1. The molecule has 2 bridgehead atoms. The van der Waals surface area contributed by atoms with Gasteiger partial charge in [-0.15, -0.1) is 5.10 Å². The minimum Gasteiger partial charge on any atom is -0.393 e. The highest BCUT2D eigenvalue weighted by molar-refractivity contribution is 5.92. The van der Waals surface area contributed by atoms with Gasteiger partial charge < -0.3 is 10.4 Å². The monoisotopic (exact) mass is 477 g/mol. The van der Waals surface area contributed by atoms with E-state index in [0.717, 1.165) is 24.1 Å². The topological polar surface area (TPSA) is 101 Å². The minimum atomic E-state index is -0.681. The summed E-state index contributed by atoms with van der Waals surface area (Å²) in [6, 6.07) is 5.43. The van der Waals surface area contributed by atoms with E-state index in [4.69, 9.17) is 4.98 Å². The van der Waals surface area contributed by atoms with Gasteiger partial charge in [-0.05, 0) is 60.8 Å². The van der Waals surface area contributed by atoms with E-state index in [1.54, 1.807) is 12.3 Å². The summed E-state index contributed by atoms with van der Waals surface area (Å²) in [6.07, 6.45) is 5.42. The van der Waals surface area contributed by atoms with Gasteiger partial charge in [0.2, 0.25) is 0 Å². The summed E-state index contributed by atoms with van der Waals surface area (Å²) in [5.74, 6) is -1.59. The van der Waals surface area contributed by atoms with Gasteiger partial charge in [0, 0.05) is 12.2 Å². The largest absolute Gasteiger partial charge is 0.393 e. The molecule has 7 nitrogen and oxygen atoms in total. The molecule has 180 valence electrons. The van der Waals surface area contributed by atoms with Crippen molar-refractivity contribution >= 4 is 5.91 Å². The number of amides is 1. The third-order valence-electron chi connectivity index (χ3n) is 8.35. The number of nitrogens with one attached hydrogen (secondary N) is 1. The van der Waals surface area contributed by atoms with Crippen LogP contribution in [-0.4, -0.2) is 43.3 Å². The van der Waals surface area contributed by atoms with Gasteiger partial charge in [-0.3, -0.25) is 9.78 Å². The van der Waals surface area contributed by atoms with Crippen LogP contribution in [0, 0.1) is 17.0 Å². The van der Waals surface area contributed by atoms with Crippen molar-refractivity contribution in [2.45, 2.75) is 63.0 Å². The van der Waals surface area contributed by atoms with Crippen molar-refractivity contribution in [3.8, 4) is 11.3 Å². The van der Waals surface area contributed by atoms with Crippen LogP contribution in [0.25, 0.3) is 11.3 Å². The average molecular weight is 478 g/mol.